The van der Waals surface area contributed by atoms with Crippen molar-refractivity contribution in [3.63, 3.8) is 0 Å². The van der Waals surface area contributed by atoms with Crippen molar-refractivity contribution in [2.45, 2.75) is 88.1 Å². The molecule has 38 heavy (non-hydrogen) atoms. The first-order valence-corrected chi connectivity index (χ1v) is 13.7. The zero-order valence-electron chi connectivity index (χ0n) is 21.5. The fourth-order valence-corrected chi connectivity index (χ4v) is 7.71. The van der Waals surface area contributed by atoms with Gasteiger partial charge in [0.1, 0.15) is 11.5 Å². The zero-order chi connectivity index (χ0) is 26.6. The van der Waals surface area contributed by atoms with Crippen molar-refractivity contribution in [3.05, 3.63) is 35.7 Å². The van der Waals surface area contributed by atoms with E-state index >= 15 is 0 Å². The van der Waals surface area contributed by atoms with Gasteiger partial charge in [-0.2, -0.15) is 13.8 Å². The number of aromatic nitrogens is 2. The summed E-state index contributed by atoms with van der Waals surface area (Å²) in [6, 6.07) is 4.89. The number of halogens is 4. The minimum absolute atomic E-state index is 0.0528. The average molecular weight is 533 g/mol. The highest BCUT2D eigenvalue weighted by molar-refractivity contribution is 6.00. The summed E-state index contributed by atoms with van der Waals surface area (Å²) in [7, 11) is 0. The molecule has 7 aliphatic rings. The predicted molar refractivity (Wildman–Crippen MR) is 131 cm³/mol. The van der Waals surface area contributed by atoms with E-state index in [1.54, 1.807) is 12.1 Å². The first-order valence-electron chi connectivity index (χ1n) is 13.7. The summed E-state index contributed by atoms with van der Waals surface area (Å²) in [6.07, 6.45) is 6.39. The molecule has 1 aromatic heterocycles. The van der Waals surface area contributed by atoms with Gasteiger partial charge in [-0.25, -0.2) is 8.78 Å². The Morgan fingerprint density at radius 3 is 2.29 bits per heavy atom. The van der Waals surface area contributed by atoms with Gasteiger partial charge < -0.3 is 14.3 Å². The second-order valence-corrected chi connectivity index (χ2v) is 12.9. The van der Waals surface area contributed by atoms with Crippen LogP contribution < -0.4 is 9.80 Å². The van der Waals surface area contributed by atoms with E-state index in [0.717, 1.165) is 65.0 Å². The Balaban J connectivity index is 1.15. The van der Waals surface area contributed by atoms with Crippen LogP contribution in [-0.4, -0.2) is 41.4 Å². The molecule has 0 N–H and O–H groups in total. The monoisotopic (exact) mass is 532 g/mol. The Labute approximate surface area is 218 Å². The molecule has 204 valence electrons. The fourth-order valence-electron chi connectivity index (χ4n) is 7.71. The van der Waals surface area contributed by atoms with Crippen molar-refractivity contribution in [2.24, 2.45) is 10.8 Å². The third kappa shape index (κ3) is 3.54. The van der Waals surface area contributed by atoms with Crippen molar-refractivity contribution in [1.29, 1.82) is 0 Å². The second kappa shape index (κ2) is 7.72. The van der Waals surface area contributed by atoms with Gasteiger partial charge in [-0.3, -0.25) is 4.79 Å². The van der Waals surface area contributed by atoms with E-state index in [9.17, 15) is 22.4 Å². The third-order valence-electron chi connectivity index (χ3n) is 10.3. The minimum atomic E-state index is -3.18. The predicted octanol–water partition coefficient (Wildman–Crippen LogP) is 6.05. The minimum Gasteiger partial charge on any atom is -0.369 e. The quantitative estimate of drug-likeness (QED) is 0.407. The van der Waals surface area contributed by atoms with Crippen molar-refractivity contribution >= 4 is 17.3 Å². The number of carbonyl (C=O) groups is 1. The largest absolute Gasteiger partial charge is 0.369 e. The molecule has 2 heterocycles. The number of amides is 1. The highest BCUT2D eigenvalue weighted by Crippen LogP contribution is 2.70. The number of carbonyl (C=O) groups excluding carboxylic acids is 1. The Kier molecular flexibility index (Phi) is 4.96. The van der Waals surface area contributed by atoms with Crippen LogP contribution >= 0.6 is 0 Å². The van der Waals surface area contributed by atoms with Crippen LogP contribution in [0.4, 0.5) is 28.9 Å². The number of hydrogen-bond donors (Lipinski definition) is 0. The van der Waals surface area contributed by atoms with Crippen LogP contribution in [0.5, 0.6) is 0 Å². The van der Waals surface area contributed by atoms with Crippen LogP contribution in [0.15, 0.2) is 22.7 Å². The normalized spacial score (nSPS) is 35.3. The molecule has 2 aromatic rings. The Morgan fingerprint density at radius 2 is 1.76 bits per heavy atom. The van der Waals surface area contributed by atoms with Crippen LogP contribution in [0.1, 0.15) is 82.8 Å². The second-order valence-electron chi connectivity index (χ2n) is 12.9. The summed E-state index contributed by atoms with van der Waals surface area (Å²) in [5.41, 5.74) is -1.20. The maximum Gasteiger partial charge on any atom is 0.322 e. The molecule has 0 spiro atoms. The molecule has 10 heteroatoms. The molecule has 0 atom stereocenters. The number of alkyl halides is 3. The van der Waals surface area contributed by atoms with E-state index in [0.29, 0.717) is 23.7 Å². The molecule has 9 rings (SSSR count). The molecular formula is C28H32F4N4O2. The van der Waals surface area contributed by atoms with E-state index in [-0.39, 0.29) is 36.4 Å². The van der Waals surface area contributed by atoms with E-state index < -0.39 is 28.3 Å². The molecule has 1 aliphatic heterocycles. The Bertz CT molecular complexity index is 1260. The van der Waals surface area contributed by atoms with E-state index in [1.165, 1.54) is 6.07 Å². The van der Waals surface area contributed by atoms with Crippen molar-refractivity contribution in [3.8, 4) is 0 Å². The lowest BCUT2D eigenvalue weighted by atomic mass is 9.41. The lowest BCUT2D eigenvalue weighted by molar-refractivity contribution is -0.211. The summed E-state index contributed by atoms with van der Waals surface area (Å²) in [5, 5.41) is 3.94. The molecule has 1 saturated heterocycles. The van der Waals surface area contributed by atoms with Crippen LogP contribution in [0, 0.1) is 16.6 Å². The van der Waals surface area contributed by atoms with Gasteiger partial charge in [-0.15, -0.1) is 0 Å². The number of nitrogens with zero attached hydrogens (tertiary/aromatic N) is 4. The standard InChI is InChI=1S/C28H32F4N4O2/c1-24(30,31)22-33-21(34-38-22)26-8-5-25(6-9-26,7-10-26)17-36(23(37)27-14-28(32,15-27)16-27)18-3-4-19(29)20(13-18)35-11-2-12-35/h3-4,13H,2,5-12,14-17H2,1H3. The molecule has 1 aromatic carbocycles. The first kappa shape index (κ1) is 24.4. The molecule has 4 bridgehead atoms. The van der Waals surface area contributed by atoms with Gasteiger partial charge in [-0.1, -0.05) is 5.16 Å². The van der Waals surface area contributed by atoms with Gasteiger partial charge in [0.05, 0.1) is 11.1 Å². The van der Waals surface area contributed by atoms with Crippen molar-refractivity contribution in [1.82, 2.24) is 10.1 Å². The first-order chi connectivity index (χ1) is 17.9. The van der Waals surface area contributed by atoms with E-state index in [4.69, 9.17) is 4.52 Å². The molecular weight excluding hydrogens is 500 g/mol. The Hall–Kier alpha value is -2.65. The molecule has 0 radical (unpaired) electrons. The van der Waals surface area contributed by atoms with Gasteiger partial charge in [-0.05, 0) is 87.8 Å². The number of rotatable bonds is 7. The van der Waals surface area contributed by atoms with Crippen LogP contribution in [0.3, 0.4) is 0 Å². The molecule has 6 saturated carbocycles. The number of hydrogen-bond acceptors (Lipinski definition) is 5. The zero-order valence-corrected chi connectivity index (χ0v) is 21.5. The lowest BCUT2D eigenvalue weighted by Crippen LogP contribution is -2.71. The van der Waals surface area contributed by atoms with Crippen LogP contribution in [0.25, 0.3) is 0 Å². The van der Waals surface area contributed by atoms with Gasteiger partial charge in [0.15, 0.2) is 5.82 Å². The third-order valence-corrected chi connectivity index (χ3v) is 10.3. The highest BCUT2D eigenvalue weighted by atomic mass is 19.3. The SMILES string of the molecule is CC(F)(F)c1nc(C23CCC(CN(C(=O)C45CC(F)(C4)C5)c4ccc(F)c(N5CCC5)c4)(CC2)CC3)no1. The van der Waals surface area contributed by atoms with Crippen molar-refractivity contribution in [2.75, 3.05) is 29.4 Å². The summed E-state index contributed by atoms with van der Waals surface area (Å²) in [6.45, 7) is 2.81. The fraction of sp³-hybridized carbons (Fsp3) is 0.679. The maximum absolute atomic E-state index is 14.7. The molecule has 7 fully saturated rings. The smallest absolute Gasteiger partial charge is 0.322 e. The molecule has 6 nitrogen and oxygen atoms in total. The maximum atomic E-state index is 14.7. The molecule has 6 aliphatic carbocycles. The number of anilines is 2. The number of fused-ring (bicyclic) bond motifs is 3. The number of benzene rings is 1. The molecule has 1 amide bonds. The summed E-state index contributed by atoms with van der Waals surface area (Å²) < 4.78 is 61.4. The molecule has 0 unspecified atom stereocenters. The lowest BCUT2D eigenvalue weighted by Gasteiger charge is -2.65. The highest BCUT2D eigenvalue weighted by Gasteiger charge is 2.73. The Morgan fingerprint density at radius 1 is 1.11 bits per heavy atom. The topological polar surface area (TPSA) is 62.5 Å². The van der Waals surface area contributed by atoms with Gasteiger partial charge in [0, 0.05) is 37.7 Å². The summed E-state index contributed by atoms with van der Waals surface area (Å²) >= 11 is 0. The van der Waals surface area contributed by atoms with Gasteiger partial charge in [0.25, 0.3) is 5.89 Å². The van der Waals surface area contributed by atoms with Gasteiger partial charge in [0.2, 0.25) is 5.91 Å². The van der Waals surface area contributed by atoms with Crippen molar-refractivity contribution < 1.29 is 26.9 Å². The van der Waals surface area contributed by atoms with Crippen LogP contribution in [-0.2, 0) is 16.1 Å². The van der Waals surface area contributed by atoms with E-state index in [2.05, 4.69) is 10.1 Å². The summed E-state index contributed by atoms with van der Waals surface area (Å²) in [4.78, 5) is 21.8. The summed E-state index contributed by atoms with van der Waals surface area (Å²) in [5.74, 6) is -3.83. The van der Waals surface area contributed by atoms with Gasteiger partial charge >= 0.3 is 5.92 Å². The average Bonchev–Trinajstić information content (AvgIpc) is 3.33. The van der Waals surface area contributed by atoms with E-state index in [1.807, 2.05) is 9.80 Å². The van der Waals surface area contributed by atoms with Crippen LogP contribution in [0.2, 0.25) is 0 Å².